The van der Waals surface area contributed by atoms with Crippen LogP contribution in [-0.2, 0) is 84.9 Å². The minimum atomic E-state index is -0.915. The Morgan fingerprint density at radius 1 is 0.244 bits per heavy atom. The fourth-order valence-electron chi connectivity index (χ4n) is 14.0. The Morgan fingerprint density at radius 3 is 0.779 bits per heavy atom. The van der Waals surface area contributed by atoms with Crippen molar-refractivity contribution < 1.29 is 52.0 Å². The fourth-order valence-corrected chi connectivity index (χ4v) is 24.3. The van der Waals surface area contributed by atoms with Crippen molar-refractivity contribution in [3.05, 3.63) is 489 Å². The molecule has 0 saturated heterocycles. The van der Waals surface area contributed by atoms with Crippen LogP contribution < -0.4 is 0 Å². The number of hydrogen-bond acceptors (Lipinski definition) is 9. The Labute approximate surface area is 832 Å². The van der Waals surface area contributed by atoms with Crippen molar-refractivity contribution in [3.8, 4) is 5.75 Å². The molecule has 0 aromatic heterocycles. The van der Waals surface area contributed by atoms with Crippen LogP contribution in [0.3, 0.4) is 0 Å². The van der Waals surface area contributed by atoms with Crippen LogP contribution in [0.25, 0.3) is 0 Å². The molecule has 0 saturated carbocycles. The summed E-state index contributed by atoms with van der Waals surface area (Å²) in [5.74, 6) is -2.96. The number of benzene rings is 16. The summed E-state index contributed by atoms with van der Waals surface area (Å²) in [5, 5.41) is 9.92. The van der Waals surface area contributed by atoms with Gasteiger partial charge in [0.15, 0.2) is 58.7 Å². The van der Waals surface area contributed by atoms with E-state index in [1.165, 1.54) is 89.1 Å². The Morgan fingerprint density at radius 2 is 0.489 bits per heavy atom. The molecule has 16 aromatic carbocycles. The van der Waals surface area contributed by atoms with Gasteiger partial charge in [0, 0.05) is 10.7 Å². The van der Waals surface area contributed by atoms with Gasteiger partial charge in [-0.1, -0.05) is 206 Å². The van der Waals surface area contributed by atoms with E-state index in [1.807, 2.05) is 226 Å². The highest BCUT2D eigenvalue weighted by atomic mass is 127. The van der Waals surface area contributed by atoms with E-state index >= 15 is 0 Å². The second-order valence-corrected chi connectivity index (χ2v) is 44.7. The summed E-state index contributed by atoms with van der Waals surface area (Å²) in [6.45, 7) is 15.0. The Hall–Kier alpha value is -10.6. The van der Waals surface area contributed by atoms with Crippen molar-refractivity contribution >= 4 is 158 Å². The molecule has 1 N–H and O–H groups in total. The molecule has 0 heterocycles. The number of esters is 4. The third-order valence-corrected chi connectivity index (χ3v) is 33.3. The minimum Gasteiger partial charge on any atom is -0.507 e. The van der Waals surface area contributed by atoms with Crippen LogP contribution in [-0.4, -0.2) is 29.0 Å². The maximum atomic E-state index is 14.2. The summed E-state index contributed by atoms with van der Waals surface area (Å²) in [5.41, 5.74) is 1.31. The number of carbonyl (C=O) groups excluding carboxylic acids is 4. The van der Waals surface area contributed by atoms with E-state index in [1.54, 1.807) is 30.3 Å². The van der Waals surface area contributed by atoms with Crippen LogP contribution in [0.15, 0.2) is 477 Å². The van der Waals surface area contributed by atoms with E-state index in [2.05, 4.69) is 277 Å². The van der Waals surface area contributed by atoms with Crippen molar-refractivity contribution in [2.75, 3.05) is 0 Å². The first kappa shape index (κ1) is 97.9. The van der Waals surface area contributed by atoms with Gasteiger partial charge in [-0.3, -0.25) is 0 Å². The van der Waals surface area contributed by atoms with Gasteiger partial charge in [0.05, 0.1) is 69.4 Å². The molecule has 0 amide bonds. The summed E-state index contributed by atoms with van der Waals surface area (Å²) in [6.07, 6.45) is 0. The molecule has 0 aliphatic rings. The van der Waals surface area contributed by atoms with Crippen LogP contribution in [0.4, 0.5) is 8.78 Å². The van der Waals surface area contributed by atoms with Crippen LogP contribution in [0, 0.1) is 25.9 Å². The molecule has 658 valence electrons. The van der Waals surface area contributed by atoms with Gasteiger partial charge >= 0.3 is 23.9 Å². The first-order valence-electron chi connectivity index (χ1n) is 41.9. The van der Waals surface area contributed by atoms with Gasteiger partial charge in [-0.05, 0) is 380 Å². The molecule has 0 bridgehead atoms. The van der Waals surface area contributed by atoms with Crippen molar-refractivity contribution in [2.24, 2.45) is 0 Å². The maximum Gasteiger partial charge on any atom is 0.342 e. The molecule has 0 radical (unpaired) electrons. The van der Waals surface area contributed by atoms with Gasteiger partial charge < -0.3 is 24.1 Å². The van der Waals surface area contributed by atoms with E-state index in [0.717, 1.165) is 29.4 Å². The number of phenols is 1. The molecule has 0 unspecified atom stereocenters. The molecular formula is C112H94F2I4O9S4+4. The zero-order valence-corrected chi connectivity index (χ0v) is 84.8. The third-order valence-electron chi connectivity index (χ3n) is 20.9. The van der Waals surface area contributed by atoms with E-state index in [4.69, 9.17) is 18.9 Å². The van der Waals surface area contributed by atoms with E-state index in [-0.39, 0.29) is 66.4 Å². The molecule has 0 aliphatic heterocycles. The Balaban J connectivity index is 0.000000149. The molecule has 0 aliphatic carbocycles. The van der Waals surface area contributed by atoms with Crippen molar-refractivity contribution in [2.45, 2.75) is 137 Å². The van der Waals surface area contributed by atoms with Crippen LogP contribution in [0.1, 0.15) is 119 Å². The molecule has 0 atom stereocenters. The standard InChI is InChI=1S/2C28H23FIO2S.C28H23IO3S.C28H24IO2S/c1-28(2,32-27(31)25-19-21(30)15-18-26(25)29)20-13-16-24(17-14-20)33(22-9-5-3-6-10-22)23-11-7-4-8-12-23;1-28(2,32-27(31)25-19-21(29)15-18-26(25)30)20-13-16-24(17-14-20)33(22-9-5-3-6-10-22)23-11-7-4-8-12-23;1-28(2,32-27(31)20-13-18-25(29)26(30)19-20)21-14-16-24(17-15-21)33(22-9-5-3-6-10-22)23-11-7-4-8-12-23;1-28(2,31-27(30)25-15-9-10-16-26(25)29)21-17-19-24(20-18-21)32(22-11-5-3-6-12-22)23-13-7-4-8-14-23/h3*3-19H,1-2H3;3-20H,1-2H3/q2*+1;;+1/p+1. The zero-order chi connectivity index (χ0) is 92.8. The molecule has 0 fully saturated rings. The average Bonchev–Trinajstić information content (AvgIpc) is 0.804. The molecule has 0 spiro atoms. The van der Waals surface area contributed by atoms with Gasteiger partial charge in [-0.25, -0.2) is 28.0 Å². The fraction of sp³-hybridized carbons (Fsp3) is 0.107. The maximum absolute atomic E-state index is 14.2. The summed E-state index contributed by atoms with van der Waals surface area (Å²) in [6, 6.07) is 138. The molecule has 131 heavy (non-hydrogen) atoms. The first-order valence-corrected chi connectivity index (χ1v) is 51.1. The zero-order valence-electron chi connectivity index (χ0n) is 73.0. The molecule has 16 aromatic rings. The van der Waals surface area contributed by atoms with Gasteiger partial charge in [0.1, 0.15) is 39.8 Å². The number of carbonyl (C=O) groups is 4. The lowest BCUT2D eigenvalue weighted by Crippen LogP contribution is -2.26. The molecule has 9 nitrogen and oxygen atoms in total. The lowest BCUT2D eigenvalue weighted by atomic mass is 9.98. The van der Waals surface area contributed by atoms with Gasteiger partial charge in [-0.15, -0.1) is 0 Å². The van der Waals surface area contributed by atoms with Crippen molar-refractivity contribution in [1.82, 2.24) is 0 Å². The lowest BCUT2D eigenvalue weighted by molar-refractivity contribution is -0.00463. The number of phenolic OH excluding ortho intramolecular Hbond substituents is 1. The number of rotatable bonds is 24. The van der Waals surface area contributed by atoms with E-state index in [0.29, 0.717) is 18.3 Å². The molecule has 19 heteroatoms. The summed E-state index contributed by atoms with van der Waals surface area (Å²) in [4.78, 5) is 65.7. The highest BCUT2D eigenvalue weighted by Crippen LogP contribution is 2.41. The second kappa shape index (κ2) is 45.7. The van der Waals surface area contributed by atoms with Gasteiger partial charge in [0.25, 0.3) is 0 Å². The smallest absolute Gasteiger partial charge is 0.342 e. The van der Waals surface area contributed by atoms with Crippen LogP contribution in [0.2, 0.25) is 0 Å². The summed E-state index contributed by atoms with van der Waals surface area (Å²) >= 11 is 8.25. The molecular weight excluding hydrogens is 2160 g/mol. The highest BCUT2D eigenvalue weighted by molar-refractivity contribution is 14.1. The Bertz CT molecular complexity index is 6140. The third kappa shape index (κ3) is 26.0. The van der Waals surface area contributed by atoms with E-state index in [9.17, 15) is 33.1 Å². The minimum absolute atomic E-state index is 0.0544. The monoisotopic (exact) mass is 2260 g/mol. The first-order chi connectivity index (χ1) is 63.0. The predicted octanol–water partition coefficient (Wildman–Crippen LogP) is 29.9. The number of ether oxygens (including phenoxy) is 4. The Kier molecular flexibility index (Phi) is 34.1. The van der Waals surface area contributed by atoms with Crippen molar-refractivity contribution in [1.29, 1.82) is 0 Å². The number of aromatic hydroxyl groups is 1. The van der Waals surface area contributed by atoms with Crippen molar-refractivity contribution in [3.63, 3.8) is 0 Å². The largest absolute Gasteiger partial charge is 0.507 e. The van der Waals surface area contributed by atoms with E-state index < -0.39 is 51.9 Å². The summed E-state index contributed by atoms with van der Waals surface area (Å²) < 4.78 is 54.1. The topological polar surface area (TPSA) is 125 Å². The van der Waals surface area contributed by atoms with Crippen LogP contribution in [0.5, 0.6) is 5.75 Å². The number of halogens is 6. The highest BCUT2D eigenvalue weighted by Gasteiger charge is 2.38. The normalized spacial score (nSPS) is 11.4. The second-order valence-electron chi connectivity index (χ2n) is 31.8. The molecule has 16 rings (SSSR count). The average molecular weight is 2260 g/mol. The summed E-state index contributed by atoms with van der Waals surface area (Å²) in [7, 11) is -0.934. The van der Waals surface area contributed by atoms with Gasteiger partial charge in [-0.2, -0.15) is 0 Å². The quantitative estimate of drug-likeness (QED) is 0.0272. The SMILES string of the molecule is CC(C)(OC(=O)c1cc(F)ccc1I)c1ccc([S+](c2ccccc2)c2ccccc2)cc1.CC(C)(OC(=O)c1cc(I)ccc1F)c1ccc([S+](c2ccccc2)c2ccccc2)cc1.CC(C)(OC(=O)c1ccc(I)c(O)c1)c1ccc([S+](c2ccccc2)c2ccccc2)cc1.CC(C)(OC(=O)c1ccccc1I)c1ccc([S+](c2ccccc2)c2ccccc2)cc1. The van der Waals surface area contributed by atoms with Gasteiger partial charge in [0.2, 0.25) is 0 Å². The lowest BCUT2D eigenvalue weighted by Gasteiger charge is -2.26. The predicted molar refractivity (Wildman–Crippen MR) is 558 cm³/mol. The van der Waals surface area contributed by atoms with Crippen LogP contribution >= 0.6 is 90.4 Å². The number of hydrogen-bond donors (Lipinski definition) is 1.